The van der Waals surface area contributed by atoms with Crippen molar-refractivity contribution in [2.45, 2.75) is 6.92 Å². The van der Waals surface area contributed by atoms with Gasteiger partial charge in [-0.3, -0.25) is 9.78 Å². The maximum Gasteiger partial charge on any atom is 0.323 e. The van der Waals surface area contributed by atoms with Crippen LogP contribution in [-0.2, 0) is 0 Å². The molecule has 0 fully saturated rings. The summed E-state index contributed by atoms with van der Waals surface area (Å²) < 4.78 is 15.0. The van der Waals surface area contributed by atoms with Crippen molar-refractivity contribution in [1.82, 2.24) is 9.97 Å². The minimum atomic E-state index is -0.829. The second-order valence-corrected chi connectivity index (χ2v) is 7.24. The molecule has 0 radical (unpaired) electrons. The Morgan fingerprint density at radius 3 is 2.58 bits per heavy atom. The summed E-state index contributed by atoms with van der Waals surface area (Å²) in [6.07, 6.45) is 1.63. The van der Waals surface area contributed by atoms with E-state index in [-0.39, 0.29) is 16.8 Å². The van der Waals surface area contributed by atoms with Crippen LogP contribution < -0.4 is 10.6 Å². The number of carbonyl (C=O) groups excluding carboxylic acids is 2. The van der Waals surface area contributed by atoms with Gasteiger partial charge in [-0.2, -0.15) is 0 Å². The van der Waals surface area contributed by atoms with Crippen LogP contribution in [0.1, 0.15) is 21.6 Å². The number of rotatable bonds is 4. The fraction of sp³-hybridized carbons (Fsp3) is 0.0435. The summed E-state index contributed by atoms with van der Waals surface area (Å²) in [6, 6.07) is 14.9. The van der Waals surface area contributed by atoms with Crippen LogP contribution in [0.5, 0.6) is 0 Å². The predicted molar refractivity (Wildman–Crippen MR) is 118 cm³/mol. The summed E-state index contributed by atoms with van der Waals surface area (Å²) in [7, 11) is 0. The standard InChI is InChI=1S/C23H16ClFN4O2/c1-13-12-26-18-9-8-14(10-20(18)27-13)22(30)17-6-3-7-19(21(17)25)29-23(31)28-16-5-2-4-15(24)11-16/h2-12H,1H3,(H2,28,29,31). The van der Waals surface area contributed by atoms with Crippen LogP contribution in [0.25, 0.3) is 11.0 Å². The van der Waals surface area contributed by atoms with E-state index in [1.807, 2.05) is 0 Å². The number of nitrogens with one attached hydrogen (secondary N) is 2. The first kappa shape index (κ1) is 20.4. The minimum absolute atomic E-state index is 0.123. The molecule has 1 aromatic heterocycles. The number of hydrogen-bond donors (Lipinski definition) is 2. The molecule has 0 aliphatic rings. The van der Waals surface area contributed by atoms with Gasteiger partial charge in [-0.25, -0.2) is 14.2 Å². The lowest BCUT2D eigenvalue weighted by Gasteiger charge is -2.11. The van der Waals surface area contributed by atoms with Gasteiger partial charge in [0.25, 0.3) is 0 Å². The average Bonchev–Trinajstić information content (AvgIpc) is 2.74. The van der Waals surface area contributed by atoms with Crippen LogP contribution in [-0.4, -0.2) is 21.8 Å². The first-order valence-electron chi connectivity index (χ1n) is 9.31. The molecule has 1 heterocycles. The zero-order valence-corrected chi connectivity index (χ0v) is 17.1. The summed E-state index contributed by atoms with van der Waals surface area (Å²) in [5.41, 5.74) is 2.32. The molecule has 4 aromatic rings. The van der Waals surface area contributed by atoms with E-state index in [0.717, 1.165) is 0 Å². The molecule has 0 unspecified atom stereocenters. The molecule has 154 valence electrons. The second-order valence-electron chi connectivity index (χ2n) is 6.80. The van der Waals surface area contributed by atoms with Gasteiger partial charge < -0.3 is 10.6 Å². The molecule has 0 bridgehead atoms. The van der Waals surface area contributed by atoms with Crippen molar-refractivity contribution >= 4 is 45.8 Å². The zero-order valence-electron chi connectivity index (χ0n) is 16.3. The number of ketones is 1. The number of nitrogens with zero attached hydrogens (tertiary/aromatic N) is 2. The molecular weight excluding hydrogens is 419 g/mol. The van der Waals surface area contributed by atoms with E-state index in [4.69, 9.17) is 11.6 Å². The van der Waals surface area contributed by atoms with E-state index in [1.54, 1.807) is 55.6 Å². The largest absolute Gasteiger partial charge is 0.323 e. The van der Waals surface area contributed by atoms with Gasteiger partial charge >= 0.3 is 6.03 Å². The lowest BCUT2D eigenvalue weighted by Crippen LogP contribution is -2.20. The summed E-state index contributed by atoms with van der Waals surface area (Å²) in [5.74, 6) is -1.36. The van der Waals surface area contributed by atoms with Crippen molar-refractivity contribution in [3.05, 3.63) is 94.5 Å². The van der Waals surface area contributed by atoms with Crippen LogP contribution in [0.3, 0.4) is 0 Å². The molecule has 2 N–H and O–H groups in total. The molecule has 0 spiro atoms. The van der Waals surface area contributed by atoms with Gasteiger partial charge in [-0.15, -0.1) is 0 Å². The van der Waals surface area contributed by atoms with Crippen LogP contribution in [0.2, 0.25) is 5.02 Å². The van der Waals surface area contributed by atoms with Crippen LogP contribution in [0.15, 0.2) is 66.9 Å². The van der Waals surface area contributed by atoms with Gasteiger partial charge in [-0.1, -0.05) is 23.7 Å². The number of aromatic nitrogens is 2. The predicted octanol–water partition coefficient (Wildman–Crippen LogP) is 5.61. The number of halogens is 2. The quantitative estimate of drug-likeness (QED) is 0.409. The van der Waals surface area contributed by atoms with E-state index < -0.39 is 17.6 Å². The van der Waals surface area contributed by atoms with Crippen LogP contribution in [0.4, 0.5) is 20.6 Å². The van der Waals surface area contributed by atoms with Crippen molar-refractivity contribution in [2.75, 3.05) is 10.6 Å². The normalized spacial score (nSPS) is 10.7. The summed E-state index contributed by atoms with van der Waals surface area (Å²) in [6.45, 7) is 1.80. The molecule has 0 saturated carbocycles. The van der Waals surface area contributed by atoms with Gasteiger partial charge in [0, 0.05) is 22.5 Å². The lowest BCUT2D eigenvalue weighted by molar-refractivity contribution is 0.103. The molecule has 0 saturated heterocycles. The molecular formula is C23H16ClFN4O2. The smallest absolute Gasteiger partial charge is 0.308 e. The Morgan fingerprint density at radius 2 is 1.77 bits per heavy atom. The number of urea groups is 1. The highest BCUT2D eigenvalue weighted by Gasteiger charge is 2.18. The lowest BCUT2D eigenvalue weighted by atomic mass is 10.0. The fourth-order valence-electron chi connectivity index (χ4n) is 3.06. The molecule has 0 atom stereocenters. The van der Waals surface area contributed by atoms with E-state index in [9.17, 15) is 9.59 Å². The van der Waals surface area contributed by atoms with E-state index in [2.05, 4.69) is 20.6 Å². The van der Waals surface area contributed by atoms with Gasteiger partial charge in [0.2, 0.25) is 0 Å². The fourth-order valence-corrected chi connectivity index (χ4v) is 3.25. The topological polar surface area (TPSA) is 84.0 Å². The molecule has 0 aliphatic carbocycles. The average molecular weight is 435 g/mol. The number of amides is 2. The maximum atomic E-state index is 15.0. The van der Waals surface area contributed by atoms with Crippen molar-refractivity contribution in [2.24, 2.45) is 0 Å². The molecule has 3 aromatic carbocycles. The Labute approximate surface area is 182 Å². The number of anilines is 2. The Bertz CT molecular complexity index is 1330. The third kappa shape index (κ3) is 4.51. The third-order valence-electron chi connectivity index (χ3n) is 4.50. The SMILES string of the molecule is Cc1cnc2ccc(C(=O)c3cccc(NC(=O)Nc4cccc(Cl)c4)c3F)cc2n1. The molecule has 0 aliphatic heterocycles. The van der Waals surface area contributed by atoms with Crippen molar-refractivity contribution < 1.29 is 14.0 Å². The van der Waals surface area contributed by atoms with Crippen molar-refractivity contribution in [1.29, 1.82) is 0 Å². The van der Waals surface area contributed by atoms with E-state index >= 15 is 4.39 Å². The highest BCUT2D eigenvalue weighted by Crippen LogP contribution is 2.23. The Hall–Kier alpha value is -3.84. The third-order valence-corrected chi connectivity index (χ3v) is 4.73. The Balaban J connectivity index is 1.58. The van der Waals surface area contributed by atoms with E-state index in [0.29, 0.717) is 27.4 Å². The summed E-state index contributed by atoms with van der Waals surface area (Å²) >= 11 is 5.89. The monoisotopic (exact) mass is 434 g/mol. The second kappa shape index (κ2) is 8.49. The number of aryl methyl sites for hydroxylation is 1. The molecule has 6 nitrogen and oxygen atoms in total. The molecule has 4 rings (SSSR count). The first-order chi connectivity index (χ1) is 14.9. The molecule has 2 amide bonds. The number of carbonyl (C=O) groups is 2. The van der Waals surface area contributed by atoms with Crippen molar-refractivity contribution in [3.8, 4) is 0 Å². The number of benzene rings is 3. The zero-order chi connectivity index (χ0) is 22.0. The van der Waals surface area contributed by atoms with Gasteiger partial charge in [0.05, 0.1) is 28.0 Å². The Morgan fingerprint density at radius 1 is 0.968 bits per heavy atom. The highest BCUT2D eigenvalue weighted by atomic mass is 35.5. The summed E-state index contributed by atoms with van der Waals surface area (Å²) in [4.78, 5) is 33.8. The summed E-state index contributed by atoms with van der Waals surface area (Å²) in [5, 5.41) is 5.43. The number of fused-ring (bicyclic) bond motifs is 1. The van der Waals surface area contributed by atoms with Gasteiger partial charge in [-0.05, 0) is 55.5 Å². The van der Waals surface area contributed by atoms with Gasteiger partial charge in [0.15, 0.2) is 11.6 Å². The Kier molecular flexibility index (Phi) is 5.60. The molecule has 31 heavy (non-hydrogen) atoms. The maximum absolute atomic E-state index is 15.0. The minimum Gasteiger partial charge on any atom is -0.308 e. The van der Waals surface area contributed by atoms with Crippen LogP contribution in [0, 0.1) is 12.7 Å². The van der Waals surface area contributed by atoms with Crippen LogP contribution >= 0.6 is 11.6 Å². The highest BCUT2D eigenvalue weighted by molar-refractivity contribution is 6.30. The number of hydrogen-bond acceptors (Lipinski definition) is 4. The van der Waals surface area contributed by atoms with Crippen molar-refractivity contribution in [3.63, 3.8) is 0 Å². The van der Waals surface area contributed by atoms with E-state index in [1.165, 1.54) is 18.2 Å². The van der Waals surface area contributed by atoms with Gasteiger partial charge in [0.1, 0.15) is 0 Å². The first-order valence-corrected chi connectivity index (χ1v) is 9.69. The molecule has 8 heteroatoms.